The highest BCUT2D eigenvalue weighted by atomic mass is 16.5. The van der Waals surface area contributed by atoms with Crippen molar-refractivity contribution < 1.29 is 9.84 Å². The van der Waals surface area contributed by atoms with Crippen molar-refractivity contribution in [1.29, 1.82) is 0 Å². The van der Waals surface area contributed by atoms with Crippen LogP contribution in [-0.4, -0.2) is 41.3 Å². The molecule has 1 N–H and O–H groups in total. The lowest BCUT2D eigenvalue weighted by Gasteiger charge is -2.27. The molecule has 1 aromatic rings. The SMILES string of the molecule is Cc1ccc(OCC2(O)CCN(C3CCCC3)C2)cc1. The van der Waals surface area contributed by atoms with Crippen LogP contribution in [0.4, 0.5) is 0 Å². The summed E-state index contributed by atoms with van der Waals surface area (Å²) in [5.74, 6) is 0.850. The van der Waals surface area contributed by atoms with Crippen molar-refractivity contribution in [2.45, 2.75) is 50.7 Å². The van der Waals surface area contributed by atoms with E-state index in [0.29, 0.717) is 12.6 Å². The molecule has 1 atom stereocenters. The van der Waals surface area contributed by atoms with Gasteiger partial charge in [-0.2, -0.15) is 0 Å². The molecular formula is C17H25NO2. The molecule has 0 amide bonds. The molecule has 1 saturated carbocycles. The smallest absolute Gasteiger partial charge is 0.119 e. The molecule has 1 heterocycles. The lowest BCUT2D eigenvalue weighted by molar-refractivity contribution is 0.000648. The quantitative estimate of drug-likeness (QED) is 0.917. The van der Waals surface area contributed by atoms with Crippen molar-refractivity contribution in [2.75, 3.05) is 19.7 Å². The third kappa shape index (κ3) is 3.15. The molecular weight excluding hydrogens is 250 g/mol. The molecule has 1 aliphatic heterocycles. The predicted molar refractivity (Wildman–Crippen MR) is 80.1 cm³/mol. The third-order valence-corrected chi connectivity index (χ3v) is 4.73. The first-order valence-corrected chi connectivity index (χ1v) is 7.81. The Labute approximate surface area is 121 Å². The molecule has 2 aliphatic rings. The second-order valence-electron chi connectivity index (χ2n) is 6.48. The summed E-state index contributed by atoms with van der Waals surface area (Å²) in [7, 11) is 0. The molecule has 20 heavy (non-hydrogen) atoms. The van der Waals surface area contributed by atoms with Crippen LogP contribution in [0.3, 0.4) is 0 Å². The summed E-state index contributed by atoms with van der Waals surface area (Å²) < 4.78 is 5.78. The van der Waals surface area contributed by atoms with E-state index in [-0.39, 0.29) is 0 Å². The molecule has 1 saturated heterocycles. The summed E-state index contributed by atoms with van der Waals surface area (Å²) in [6, 6.07) is 8.73. The Bertz CT molecular complexity index is 439. The van der Waals surface area contributed by atoms with E-state index in [0.717, 1.165) is 25.3 Å². The van der Waals surface area contributed by atoms with Crippen molar-refractivity contribution in [2.24, 2.45) is 0 Å². The minimum Gasteiger partial charge on any atom is -0.491 e. The van der Waals surface area contributed by atoms with Crippen molar-refractivity contribution in [3.8, 4) is 5.75 Å². The topological polar surface area (TPSA) is 32.7 Å². The maximum absolute atomic E-state index is 10.7. The van der Waals surface area contributed by atoms with Crippen molar-refractivity contribution in [3.05, 3.63) is 29.8 Å². The molecule has 110 valence electrons. The standard InChI is InChI=1S/C17H25NO2/c1-14-6-8-16(9-7-14)20-13-17(19)10-11-18(12-17)15-4-2-3-5-15/h6-9,15,19H,2-5,10-13H2,1H3. The van der Waals surface area contributed by atoms with Gasteiger partial charge >= 0.3 is 0 Å². The summed E-state index contributed by atoms with van der Waals surface area (Å²) in [5, 5.41) is 10.7. The molecule has 3 rings (SSSR count). The van der Waals surface area contributed by atoms with Gasteiger partial charge in [-0.1, -0.05) is 30.5 Å². The zero-order chi connectivity index (χ0) is 14.0. The average molecular weight is 275 g/mol. The van der Waals surface area contributed by atoms with E-state index in [1.165, 1.54) is 31.2 Å². The van der Waals surface area contributed by atoms with Gasteiger partial charge in [0.15, 0.2) is 0 Å². The minimum absolute atomic E-state index is 0.402. The van der Waals surface area contributed by atoms with Crippen LogP contribution in [0.5, 0.6) is 5.75 Å². The summed E-state index contributed by atoms with van der Waals surface area (Å²) in [6.07, 6.45) is 6.12. The van der Waals surface area contributed by atoms with E-state index in [1.807, 2.05) is 24.3 Å². The van der Waals surface area contributed by atoms with E-state index < -0.39 is 5.60 Å². The van der Waals surface area contributed by atoms with E-state index in [9.17, 15) is 5.11 Å². The Balaban J connectivity index is 1.53. The van der Waals surface area contributed by atoms with Gasteiger partial charge in [-0.25, -0.2) is 0 Å². The van der Waals surface area contributed by atoms with E-state index in [2.05, 4.69) is 11.8 Å². The van der Waals surface area contributed by atoms with Crippen LogP contribution >= 0.6 is 0 Å². The number of aliphatic hydroxyl groups is 1. The zero-order valence-corrected chi connectivity index (χ0v) is 12.3. The molecule has 0 aromatic heterocycles. The molecule has 2 fully saturated rings. The maximum atomic E-state index is 10.7. The highest BCUT2D eigenvalue weighted by Gasteiger charge is 2.40. The van der Waals surface area contributed by atoms with Crippen LogP contribution in [0.15, 0.2) is 24.3 Å². The highest BCUT2D eigenvalue weighted by molar-refractivity contribution is 5.26. The van der Waals surface area contributed by atoms with Gasteiger partial charge in [0, 0.05) is 19.1 Å². The van der Waals surface area contributed by atoms with Gasteiger partial charge in [0.2, 0.25) is 0 Å². The first-order chi connectivity index (χ1) is 9.65. The second-order valence-corrected chi connectivity index (χ2v) is 6.48. The molecule has 3 nitrogen and oxygen atoms in total. The van der Waals surface area contributed by atoms with E-state index in [4.69, 9.17) is 4.74 Å². The minimum atomic E-state index is -0.673. The average Bonchev–Trinajstić information content (AvgIpc) is 3.08. The van der Waals surface area contributed by atoms with Crippen LogP contribution in [0.1, 0.15) is 37.7 Å². The summed E-state index contributed by atoms with van der Waals surface area (Å²) in [4.78, 5) is 2.46. The lowest BCUT2D eigenvalue weighted by Crippen LogP contribution is -2.41. The molecule has 0 bridgehead atoms. The summed E-state index contributed by atoms with van der Waals surface area (Å²) in [6.45, 7) is 4.25. The van der Waals surface area contributed by atoms with Crippen LogP contribution in [0.25, 0.3) is 0 Å². The summed E-state index contributed by atoms with van der Waals surface area (Å²) in [5.41, 5.74) is 0.553. The third-order valence-electron chi connectivity index (χ3n) is 4.73. The fourth-order valence-corrected chi connectivity index (χ4v) is 3.44. The Morgan fingerprint density at radius 2 is 1.95 bits per heavy atom. The van der Waals surface area contributed by atoms with Gasteiger partial charge in [0.25, 0.3) is 0 Å². The molecule has 3 heteroatoms. The number of β-amino-alcohol motifs (C(OH)–C–C–N with tert-alkyl or cyclic N) is 1. The number of likely N-dealkylation sites (tertiary alicyclic amines) is 1. The Kier molecular flexibility index (Phi) is 3.99. The first kappa shape index (κ1) is 13.9. The number of hydrogen-bond acceptors (Lipinski definition) is 3. The molecule has 0 radical (unpaired) electrons. The van der Waals surface area contributed by atoms with Gasteiger partial charge in [-0.3, -0.25) is 4.90 Å². The largest absolute Gasteiger partial charge is 0.491 e. The van der Waals surface area contributed by atoms with Crippen molar-refractivity contribution >= 4 is 0 Å². The fourth-order valence-electron chi connectivity index (χ4n) is 3.44. The number of ether oxygens (including phenoxy) is 1. The van der Waals surface area contributed by atoms with Gasteiger partial charge in [0.1, 0.15) is 18.0 Å². The molecule has 1 aromatic carbocycles. The molecule has 1 unspecified atom stereocenters. The second kappa shape index (κ2) is 5.74. The number of rotatable bonds is 4. The van der Waals surface area contributed by atoms with Crippen LogP contribution in [-0.2, 0) is 0 Å². The van der Waals surface area contributed by atoms with Gasteiger partial charge in [-0.05, 0) is 38.3 Å². The number of nitrogens with zero attached hydrogens (tertiary/aromatic N) is 1. The Hall–Kier alpha value is -1.06. The predicted octanol–water partition coefficient (Wildman–Crippen LogP) is 2.75. The van der Waals surface area contributed by atoms with Crippen LogP contribution in [0.2, 0.25) is 0 Å². The number of benzene rings is 1. The van der Waals surface area contributed by atoms with Gasteiger partial charge in [0.05, 0.1) is 0 Å². The maximum Gasteiger partial charge on any atom is 0.119 e. The zero-order valence-electron chi connectivity index (χ0n) is 12.3. The molecule has 0 spiro atoms. The Morgan fingerprint density at radius 3 is 2.65 bits per heavy atom. The van der Waals surface area contributed by atoms with Gasteiger partial charge in [-0.15, -0.1) is 0 Å². The van der Waals surface area contributed by atoms with Crippen LogP contribution < -0.4 is 4.74 Å². The normalized spacial score (nSPS) is 28.1. The fraction of sp³-hybridized carbons (Fsp3) is 0.647. The van der Waals surface area contributed by atoms with E-state index >= 15 is 0 Å². The first-order valence-electron chi connectivity index (χ1n) is 7.81. The number of hydrogen-bond donors (Lipinski definition) is 1. The highest BCUT2D eigenvalue weighted by Crippen LogP contribution is 2.30. The Morgan fingerprint density at radius 1 is 1.25 bits per heavy atom. The van der Waals surface area contributed by atoms with Crippen LogP contribution in [0, 0.1) is 6.92 Å². The monoisotopic (exact) mass is 275 g/mol. The van der Waals surface area contributed by atoms with Crippen molar-refractivity contribution in [3.63, 3.8) is 0 Å². The lowest BCUT2D eigenvalue weighted by atomic mass is 10.1. The number of aryl methyl sites for hydroxylation is 1. The molecule has 1 aliphatic carbocycles. The van der Waals surface area contributed by atoms with Crippen molar-refractivity contribution in [1.82, 2.24) is 4.90 Å². The van der Waals surface area contributed by atoms with Gasteiger partial charge < -0.3 is 9.84 Å². The van der Waals surface area contributed by atoms with E-state index in [1.54, 1.807) is 0 Å². The summed E-state index contributed by atoms with van der Waals surface area (Å²) >= 11 is 0.